The molecular formula is C21H33IN4O2. The molecule has 0 radical (unpaired) electrons. The zero-order valence-corrected chi connectivity index (χ0v) is 19.9. The summed E-state index contributed by atoms with van der Waals surface area (Å²) >= 11 is 0. The maximum absolute atomic E-state index is 5.47. The quantitative estimate of drug-likeness (QED) is 0.295. The predicted octanol–water partition coefficient (Wildman–Crippen LogP) is 4.77. The minimum Gasteiger partial charge on any atom is -0.496 e. The number of aromatic nitrogens is 1. The summed E-state index contributed by atoms with van der Waals surface area (Å²) in [4.78, 5) is 4.65. The van der Waals surface area contributed by atoms with Crippen LogP contribution in [0.2, 0.25) is 0 Å². The maximum atomic E-state index is 5.47. The highest BCUT2D eigenvalue weighted by Gasteiger charge is 2.13. The monoisotopic (exact) mass is 500 g/mol. The molecule has 0 saturated carbocycles. The standard InChI is InChI=1S/C21H32N4O2.HI/c1-6-17(7-2)19-12-18(27-25-19)14-24-21(22-8-3)23-13-16-10-9-15(4)20(11-16)26-5;/h9-12,17H,6-8,13-14H2,1-5H3,(H2,22,23,24);1H. The van der Waals surface area contributed by atoms with E-state index in [9.17, 15) is 0 Å². The van der Waals surface area contributed by atoms with Gasteiger partial charge in [-0.15, -0.1) is 24.0 Å². The van der Waals surface area contributed by atoms with Gasteiger partial charge in [0.2, 0.25) is 0 Å². The summed E-state index contributed by atoms with van der Waals surface area (Å²) in [5.74, 6) is 2.91. The van der Waals surface area contributed by atoms with Gasteiger partial charge in [0.25, 0.3) is 0 Å². The van der Waals surface area contributed by atoms with E-state index in [2.05, 4.69) is 46.8 Å². The molecule has 156 valence electrons. The number of aliphatic imine (C=N–C) groups is 1. The smallest absolute Gasteiger partial charge is 0.191 e. The summed E-state index contributed by atoms with van der Waals surface area (Å²) in [6.45, 7) is 10.3. The highest BCUT2D eigenvalue weighted by atomic mass is 127. The Kier molecular flexibility index (Phi) is 11.0. The Labute approximate surface area is 185 Å². The van der Waals surface area contributed by atoms with Crippen molar-refractivity contribution in [1.29, 1.82) is 0 Å². The Morgan fingerprint density at radius 3 is 2.57 bits per heavy atom. The van der Waals surface area contributed by atoms with Crippen molar-refractivity contribution in [3.8, 4) is 5.75 Å². The van der Waals surface area contributed by atoms with Gasteiger partial charge in [-0.3, -0.25) is 0 Å². The molecule has 1 aromatic carbocycles. The fraction of sp³-hybridized carbons (Fsp3) is 0.524. The second-order valence-corrected chi connectivity index (χ2v) is 6.58. The van der Waals surface area contributed by atoms with Crippen LogP contribution in [0.15, 0.2) is 33.8 Å². The van der Waals surface area contributed by atoms with Gasteiger partial charge >= 0.3 is 0 Å². The molecule has 0 unspecified atom stereocenters. The van der Waals surface area contributed by atoms with E-state index >= 15 is 0 Å². The summed E-state index contributed by atoms with van der Waals surface area (Å²) in [7, 11) is 1.69. The number of ether oxygens (including phenoxy) is 1. The minimum atomic E-state index is 0. The van der Waals surface area contributed by atoms with Crippen molar-refractivity contribution >= 4 is 29.9 Å². The summed E-state index contributed by atoms with van der Waals surface area (Å²) in [5, 5.41) is 10.8. The first kappa shape index (κ1) is 24.3. The Morgan fingerprint density at radius 2 is 1.93 bits per heavy atom. The molecule has 6 nitrogen and oxygen atoms in total. The van der Waals surface area contributed by atoms with Crippen LogP contribution in [0.1, 0.15) is 62.1 Å². The van der Waals surface area contributed by atoms with Crippen LogP contribution >= 0.6 is 24.0 Å². The van der Waals surface area contributed by atoms with Crippen molar-refractivity contribution < 1.29 is 9.26 Å². The molecule has 0 atom stereocenters. The number of nitrogens with zero attached hydrogens (tertiary/aromatic N) is 2. The first-order valence-corrected chi connectivity index (χ1v) is 9.72. The van der Waals surface area contributed by atoms with Crippen LogP contribution in [0.5, 0.6) is 5.75 Å². The largest absolute Gasteiger partial charge is 0.496 e. The highest BCUT2D eigenvalue weighted by Crippen LogP contribution is 2.22. The molecule has 0 aliphatic rings. The van der Waals surface area contributed by atoms with Crippen LogP contribution < -0.4 is 15.4 Å². The molecule has 2 N–H and O–H groups in total. The average molecular weight is 500 g/mol. The predicted molar refractivity (Wildman–Crippen MR) is 125 cm³/mol. The number of nitrogens with one attached hydrogen (secondary N) is 2. The third kappa shape index (κ3) is 7.00. The first-order chi connectivity index (χ1) is 13.1. The summed E-state index contributed by atoms with van der Waals surface area (Å²) in [6.07, 6.45) is 2.14. The highest BCUT2D eigenvalue weighted by molar-refractivity contribution is 14.0. The lowest BCUT2D eigenvalue weighted by Crippen LogP contribution is -2.36. The zero-order chi connectivity index (χ0) is 19.6. The number of hydrogen-bond acceptors (Lipinski definition) is 4. The average Bonchev–Trinajstić information content (AvgIpc) is 3.15. The number of guanidine groups is 1. The molecule has 1 heterocycles. The van der Waals surface area contributed by atoms with E-state index < -0.39 is 0 Å². The van der Waals surface area contributed by atoms with Crippen molar-refractivity contribution in [2.24, 2.45) is 4.99 Å². The first-order valence-electron chi connectivity index (χ1n) is 9.72. The van der Waals surface area contributed by atoms with Crippen LogP contribution in [0.3, 0.4) is 0 Å². The zero-order valence-electron chi connectivity index (χ0n) is 17.5. The number of methoxy groups -OCH3 is 1. The lowest BCUT2D eigenvalue weighted by Gasteiger charge is -2.11. The van der Waals surface area contributed by atoms with Gasteiger partial charge in [0.15, 0.2) is 11.7 Å². The molecule has 2 aromatic rings. The molecule has 0 fully saturated rings. The second-order valence-electron chi connectivity index (χ2n) is 6.58. The fourth-order valence-electron chi connectivity index (χ4n) is 2.96. The lowest BCUT2D eigenvalue weighted by atomic mass is 9.99. The van der Waals surface area contributed by atoms with Crippen LogP contribution in [0, 0.1) is 6.92 Å². The van der Waals surface area contributed by atoms with E-state index in [-0.39, 0.29) is 24.0 Å². The van der Waals surface area contributed by atoms with Gasteiger partial charge in [0, 0.05) is 18.5 Å². The van der Waals surface area contributed by atoms with Gasteiger partial charge in [0.1, 0.15) is 5.75 Å². The van der Waals surface area contributed by atoms with Gasteiger partial charge in [0.05, 0.1) is 25.9 Å². The normalized spacial score (nSPS) is 11.3. The van der Waals surface area contributed by atoms with E-state index in [1.807, 2.05) is 26.0 Å². The van der Waals surface area contributed by atoms with Crippen molar-refractivity contribution in [3.63, 3.8) is 0 Å². The summed E-state index contributed by atoms with van der Waals surface area (Å²) < 4.78 is 10.9. The molecular weight excluding hydrogens is 467 g/mol. The molecule has 0 aliphatic heterocycles. The lowest BCUT2D eigenvalue weighted by molar-refractivity contribution is 0.368. The van der Waals surface area contributed by atoms with Crippen LogP contribution in [0.25, 0.3) is 0 Å². The number of hydrogen-bond donors (Lipinski definition) is 2. The Bertz CT molecular complexity index is 742. The number of rotatable bonds is 9. The Hall–Kier alpha value is -1.77. The molecule has 0 amide bonds. The minimum absolute atomic E-state index is 0. The maximum Gasteiger partial charge on any atom is 0.191 e. The van der Waals surface area contributed by atoms with E-state index in [1.54, 1.807) is 7.11 Å². The van der Waals surface area contributed by atoms with Gasteiger partial charge in [-0.1, -0.05) is 31.1 Å². The molecule has 0 bridgehead atoms. The van der Waals surface area contributed by atoms with E-state index in [0.29, 0.717) is 19.0 Å². The molecule has 0 aliphatic carbocycles. The van der Waals surface area contributed by atoms with Crippen molar-refractivity contribution in [2.45, 2.75) is 59.5 Å². The van der Waals surface area contributed by atoms with E-state index in [0.717, 1.165) is 53.7 Å². The summed E-state index contributed by atoms with van der Waals surface area (Å²) in [6, 6.07) is 8.20. The van der Waals surface area contributed by atoms with E-state index in [1.165, 1.54) is 0 Å². The third-order valence-electron chi connectivity index (χ3n) is 4.65. The van der Waals surface area contributed by atoms with Crippen molar-refractivity contribution in [1.82, 2.24) is 15.8 Å². The van der Waals surface area contributed by atoms with E-state index in [4.69, 9.17) is 9.26 Å². The second kappa shape index (κ2) is 12.6. The fourth-order valence-corrected chi connectivity index (χ4v) is 2.96. The number of aryl methyl sites for hydroxylation is 1. The number of halogens is 1. The van der Waals surface area contributed by atoms with Gasteiger partial charge in [-0.2, -0.15) is 0 Å². The topological polar surface area (TPSA) is 71.7 Å². The van der Waals surface area contributed by atoms with Crippen molar-refractivity contribution in [2.75, 3.05) is 13.7 Å². The summed E-state index contributed by atoms with van der Waals surface area (Å²) in [5.41, 5.74) is 3.25. The van der Waals surface area contributed by atoms with Crippen LogP contribution in [-0.2, 0) is 13.1 Å². The van der Waals surface area contributed by atoms with Gasteiger partial charge in [-0.05, 0) is 43.9 Å². The van der Waals surface area contributed by atoms with Gasteiger partial charge < -0.3 is 19.9 Å². The molecule has 7 heteroatoms. The SMILES string of the molecule is CCNC(=NCc1ccc(C)c(OC)c1)NCc1cc(C(CC)CC)no1.I. The molecule has 1 aromatic heterocycles. The Morgan fingerprint density at radius 1 is 1.18 bits per heavy atom. The molecule has 0 spiro atoms. The van der Waals surface area contributed by atoms with Gasteiger partial charge in [-0.25, -0.2) is 4.99 Å². The van der Waals surface area contributed by atoms with Crippen LogP contribution in [0.4, 0.5) is 0 Å². The van der Waals surface area contributed by atoms with Crippen molar-refractivity contribution in [3.05, 3.63) is 46.8 Å². The van der Waals surface area contributed by atoms with Crippen LogP contribution in [-0.4, -0.2) is 24.8 Å². The number of benzene rings is 1. The third-order valence-corrected chi connectivity index (χ3v) is 4.65. The Balaban J connectivity index is 0.00000392. The molecule has 0 saturated heterocycles. The molecule has 28 heavy (non-hydrogen) atoms. The molecule has 2 rings (SSSR count).